The van der Waals surface area contributed by atoms with Gasteiger partial charge in [0.15, 0.2) is 0 Å². The minimum atomic E-state index is -1.17. The fourth-order valence-electron chi connectivity index (χ4n) is 1.12. The van der Waals surface area contributed by atoms with Gasteiger partial charge in [0, 0.05) is 6.20 Å². The summed E-state index contributed by atoms with van der Waals surface area (Å²) in [5.41, 5.74) is 0.542. The number of rotatable bonds is 3. The molecule has 1 heterocycles. The van der Waals surface area contributed by atoms with Crippen molar-refractivity contribution in [3.8, 4) is 12.1 Å². The number of aliphatic hydroxyl groups excluding tert-OH is 2. The van der Waals surface area contributed by atoms with Crippen molar-refractivity contribution in [2.45, 2.75) is 18.6 Å². The molecule has 0 saturated carbocycles. The third-order valence-corrected chi connectivity index (χ3v) is 1.90. The molecule has 0 aliphatic heterocycles. The molecule has 5 nitrogen and oxygen atoms in total. The van der Waals surface area contributed by atoms with E-state index in [1.807, 2.05) is 6.07 Å². The van der Waals surface area contributed by atoms with Gasteiger partial charge in [-0.15, -0.1) is 0 Å². The summed E-state index contributed by atoms with van der Waals surface area (Å²) >= 11 is 0. The van der Waals surface area contributed by atoms with E-state index in [2.05, 4.69) is 4.98 Å². The van der Waals surface area contributed by atoms with E-state index in [4.69, 9.17) is 10.5 Å². The van der Waals surface area contributed by atoms with Crippen LogP contribution in [0.2, 0.25) is 0 Å². The standard InChI is InChI=1S/C10H9N3O2/c11-3-1-9(14)10(15)7-2-4-13-8(5-7)6-12/h2,4-5,9-10,14-15H,1H2. The van der Waals surface area contributed by atoms with Crippen LogP contribution in [-0.2, 0) is 0 Å². The van der Waals surface area contributed by atoms with E-state index in [1.54, 1.807) is 6.07 Å². The van der Waals surface area contributed by atoms with Gasteiger partial charge < -0.3 is 10.2 Å². The highest BCUT2D eigenvalue weighted by Crippen LogP contribution is 2.18. The van der Waals surface area contributed by atoms with Crippen LogP contribution in [0.15, 0.2) is 18.3 Å². The lowest BCUT2D eigenvalue weighted by molar-refractivity contribution is 0.0216. The average Bonchev–Trinajstić information content (AvgIpc) is 2.28. The van der Waals surface area contributed by atoms with Crippen LogP contribution in [0.1, 0.15) is 23.8 Å². The SMILES string of the molecule is N#CCC(O)C(O)c1ccnc(C#N)c1. The molecule has 1 aromatic heterocycles. The molecule has 0 aliphatic carbocycles. The van der Waals surface area contributed by atoms with Gasteiger partial charge in [-0.05, 0) is 17.7 Å². The fraction of sp³-hybridized carbons (Fsp3) is 0.300. The molecule has 1 aromatic rings. The molecule has 0 fully saturated rings. The van der Waals surface area contributed by atoms with Crippen LogP contribution in [0.4, 0.5) is 0 Å². The summed E-state index contributed by atoms with van der Waals surface area (Å²) in [6.07, 6.45) is -1.11. The Kier molecular flexibility index (Phi) is 3.75. The molecule has 0 bridgehead atoms. The quantitative estimate of drug-likeness (QED) is 0.733. The Bertz CT molecular complexity index is 419. The topological polar surface area (TPSA) is 101 Å². The number of hydrogen-bond acceptors (Lipinski definition) is 5. The van der Waals surface area contributed by atoms with Crippen LogP contribution in [0.5, 0.6) is 0 Å². The Balaban J connectivity index is 2.87. The van der Waals surface area contributed by atoms with Crippen molar-refractivity contribution < 1.29 is 10.2 Å². The summed E-state index contributed by atoms with van der Waals surface area (Å²) in [5, 5.41) is 35.9. The van der Waals surface area contributed by atoms with Crippen molar-refractivity contribution >= 4 is 0 Å². The summed E-state index contributed by atoms with van der Waals surface area (Å²) in [5.74, 6) is 0. The van der Waals surface area contributed by atoms with E-state index in [0.29, 0.717) is 5.56 Å². The van der Waals surface area contributed by atoms with E-state index in [9.17, 15) is 10.2 Å². The first-order valence-corrected chi connectivity index (χ1v) is 4.28. The van der Waals surface area contributed by atoms with Crippen LogP contribution in [0.25, 0.3) is 0 Å². The third-order valence-electron chi connectivity index (χ3n) is 1.90. The molecule has 0 amide bonds. The molecule has 0 radical (unpaired) electrons. The van der Waals surface area contributed by atoms with E-state index in [1.165, 1.54) is 18.3 Å². The number of hydrogen-bond donors (Lipinski definition) is 2. The normalized spacial score (nSPS) is 13.6. The molecule has 2 atom stereocenters. The molecular weight excluding hydrogens is 194 g/mol. The summed E-state index contributed by atoms with van der Waals surface area (Å²) in [6, 6.07) is 6.45. The zero-order valence-electron chi connectivity index (χ0n) is 7.83. The number of pyridine rings is 1. The fourth-order valence-corrected chi connectivity index (χ4v) is 1.12. The van der Waals surface area contributed by atoms with Crippen molar-refractivity contribution in [3.63, 3.8) is 0 Å². The first-order chi connectivity index (χ1) is 7.19. The van der Waals surface area contributed by atoms with Gasteiger partial charge in [-0.1, -0.05) is 0 Å². The van der Waals surface area contributed by atoms with Gasteiger partial charge in [-0.3, -0.25) is 0 Å². The molecule has 76 valence electrons. The molecule has 0 aromatic carbocycles. The highest BCUT2D eigenvalue weighted by molar-refractivity contribution is 5.27. The Hall–Kier alpha value is -1.95. The maximum atomic E-state index is 9.60. The number of nitriles is 2. The van der Waals surface area contributed by atoms with Crippen molar-refractivity contribution in [3.05, 3.63) is 29.6 Å². The lowest BCUT2D eigenvalue weighted by atomic mass is 10.0. The second-order valence-electron chi connectivity index (χ2n) is 2.96. The zero-order valence-corrected chi connectivity index (χ0v) is 7.83. The lowest BCUT2D eigenvalue weighted by Gasteiger charge is -2.15. The first kappa shape index (κ1) is 11.1. The molecule has 15 heavy (non-hydrogen) atoms. The van der Waals surface area contributed by atoms with Gasteiger partial charge in [0.05, 0.1) is 18.6 Å². The monoisotopic (exact) mass is 203 g/mol. The Morgan fingerprint density at radius 3 is 2.73 bits per heavy atom. The van der Waals surface area contributed by atoms with Crippen molar-refractivity contribution in [2.24, 2.45) is 0 Å². The maximum absolute atomic E-state index is 9.60. The average molecular weight is 203 g/mol. The number of aliphatic hydroxyl groups is 2. The minimum absolute atomic E-state index is 0.161. The molecule has 0 saturated heterocycles. The minimum Gasteiger partial charge on any atom is -0.389 e. The Labute approximate surface area is 86.8 Å². The molecular formula is C10H9N3O2. The molecule has 0 aliphatic rings. The summed E-state index contributed by atoms with van der Waals surface area (Å²) in [7, 11) is 0. The van der Waals surface area contributed by atoms with E-state index < -0.39 is 12.2 Å². The molecule has 2 N–H and O–H groups in total. The van der Waals surface area contributed by atoms with Gasteiger partial charge in [0.25, 0.3) is 0 Å². The number of aromatic nitrogens is 1. The summed E-state index contributed by atoms with van der Waals surface area (Å²) in [6.45, 7) is 0. The lowest BCUT2D eigenvalue weighted by Crippen LogP contribution is -2.17. The highest BCUT2D eigenvalue weighted by atomic mass is 16.3. The van der Waals surface area contributed by atoms with E-state index in [-0.39, 0.29) is 12.1 Å². The second-order valence-corrected chi connectivity index (χ2v) is 2.96. The van der Waals surface area contributed by atoms with Gasteiger partial charge in [-0.2, -0.15) is 10.5 Å². The zero-order chi connectivity index (χ0) is 11.3. The van der Waals surface area contributed by atoms with Crippen molar-refractivity contribution in [1.29, 1.82) is 10.5 Å². The van der Waals surface area contributed by atoms with Gasteiger partial charge in [0.1, 0.15) is 17.9 Å². The summed E-state index contributed by atoms with van der Waals surface area (Å²) in [4.78, 5) is 3.73. The first-order valence-electron chi connectivity index (χ1n) is 4.28. The highest BCUT2D eigenvalue weighted by Gasteiger charge is 2.18. The maximum Gasteiger partial charge on any atom is 0.140 e. The van der Waals surface area contributed by atoms with Gasteiger partial charge >= 0.3 is 0 Å². The van der Waals surface area contributed by atoms with Crippen LogP contribution < -0.4 is 0 Å². The van der Waals surface area contributed by atoms with E-state index >= 15 is 0 Å². The predicted molar refractivity (Wildman–Crippen MR) is 50.1 cm³/mol. The molecule has 5 heteroatoms. The van der Waals surface area contributed by atoms with Crippen LogP contribution in [0.3, 0.4) is 0 Å². The van der Waals surface area contributed by atoms with E-state index in [0.717, 1.165) is 0 Å². The number of nitrogens with zero attached hydrogens (tertiary/aromatic N) is 3. The van der Waals surface area contributed by atoms with Crippen LogP contribution >= 0.6 is 0 Å². The molecule has 2 unspecified atom stereocenters. The molecule has 0 spiro atoms. The van der Waals surface area contributed by atoms with Crippen LogP contribution in [-0.4, -0.2) is 21.3 Å². The van der Waals surface area contributed by atoms with Crippen LogP contribution in [0, 0.1) is 22.7 Å². The van der Waals surface area contributed by atoms with Crippen molar-refractivity contribution in [1.82, 2.24) is 4.98 Å². The Morgan fingerprint density at radius 2 is 2.13 bits per heavy atom. The molecule has 1 rings (SSSR count). The Morgan fingerprint density at radius 1 is 1.40 bits per heavy atom. The second kappa shape index (κ2) is 5.06. The van der Waals surface area contributed by atoms with Crippen molar-refractivity contribution in [2.75, 3.05) is 0 Å². The third kappa shape index (κ3) is 2.75. The van der Waals surface area contributed by atoms with Gasteiger partial charge in [-0.25, -0.2) is 4.98 Å². The summed E-state index contributed by atoms with van der Waals surface area (Å²) < 4.78 is 0. The predicted octanol–water partition coefficient (Wildman–Crippen LogP) is 0.261. The largest absolute Gasteiger partial charge is 0.389 e. The smallest absolute Gasteiger partial charge is 0.140 e. The van der Waals surface area contributed by atoms with Gasteiger partial charge in [0.2, 0.25) is 0 Å².